The molecule has 1 aromatic rings. The van der Waals surface area contributed by atoms with Gasteiger partial charge in [-0.2, -0.15) is 0 Å². The van der Waals surface area contributed by atoms with Crippen LogP contribution in [0.1, 0.15) is 39.7 Å². The maximum absolute atomic E-state index is 12.5. The summed E-state index contributed by atoms with van der Waals surface area (Å²) < 4.78 is 15.2. The predicted octanol–water partition coefficient (Wildman–Crippen LogP) is 2.16. The van der Waals surface area contributed by atoms with Crippen molar-refractivity contribution in [1.29, 1.82) is 0 Å². The Morgan fingerprint density at radius 3 is 2.29 bits per heavy atom. The molecule has 28 heavy (non-hydrogen) atoms. The summed E-state index contributed by atoms with van der Waals surface area (Å²) in [6, 6.07) is 7.78. The van der Waals surface area contributed by atoms with Crippen LogP contribution < -0.4 is 10.6 Å². The van der Waals surface area contributed by atoms with Gasteiger partial charge in [0.2, 0.25) is 0 Å². The summed E-state index contributed by atoms with van der Waals surface area (Å²) in [4.78, 5) is 36.0. The normalized spacial score (nSPS) is 13.2. The van der Waals surface area contributed by atoms with Crippen LogP contribution in [0.15, 0.2) is 30.3 Å². The summed E-state index contributed by atoms with van der Waals surface area (Å²) in [5.74, 6) is -0.995. The fourth-order valence-corrected chi connectivity index (χ4v) is 2.23. The summed E-state index contributed by atoms with van der Waals surface area (Å²) >= 11 is 0. The minimum absolute atomic E-state index is 0.0954. The van der Waals surface area contributed by atoms with Gasteiger partial charge in [-0.1, -0.05) is 30.3 Å². The van der Waals surface area contributed by atoms with Crippen molar-refractivity contribution in [3.63, 3.8) is 0 Å². The zero-order chi connectivity index (χ0) is 21.2. The van der Waals surface area contributed by atoms with Gasteiger partial charge in [0.25, 0.3) is 0 Å². The lowest BCUT2D eigenvalue weighted by Crippen LogP contribution is -2.46. The number of benzene rings is 1. The Morgan fingerprint density at radius 2 is 1.71 bits per heavy atom. The van der Waals surface area contributed by atoms with Crippen molar-refractivity contribution in [2.45, 2.75) is 58.4 Å². The van der Waals surface area contributed by atoms with Gasteiger partial charge in [-0.25, -0.2) is 9.59 Å². The number of ether oxygens (including phenoxy) is 3. The molecule has 156 valence electrons. The molecule has 8 nitrogen and oxygen atoms in total. The van der Waals surface area contributed by atoms with Gasteiger partial charge >= 0.3 is 18.0 Å². The highest BCUT2D eigenvalue weighted by Gasteiger charge is 2.26. The van der Waals surface area contributed by atoms with Crippen molar-refractivity contribution in [3.8, 4) is 0 Å². The summed E-state index contributed by atoms with van der Waals surface area (Å²) in [6.07, 6.45) is -0.496. The molecule has 0 radical (unpaired) electrons. The standard InChI is InChI=1S/C20H30N2O6/c1-14(17(23)26-5)21-12-11-16(22-19(25)28-20(2,3)4)18(24)27-13-15-9-7-6-8-10-15/h6-10,14,16,21H,11-13H2,1-5H3,(H,22,25)/t14-,16-/m0/s1. The number of hydrogen-bond acceptors (Lipinski definition) is 7. The van der Waals surface area contributed by atoms with Gasteiger partial charge in [0.1, 0.15) is 24.3 Å². The third kappa shape index (κ3) is 9.36. The first kappa shape index (κ1) is 23.4. The highest BCUT2D eigenvalue weighted by atomic mass is 16.6. The predicted molar refractivity (Wildman–Crippen MR) is 103 cm³/mol. The van der Waals surface area contributed by atoms with Gasteiger partial charge in [0.15, 0.2) is 0 Å². The van der Waals surface area contributed by atoms with E-state index < -0.39 is 35.7 Å². The number of alkyl carbamates (subject to hydrolysis) is 1. The lowest BCUT2D eigenvalue weighted by molar-refractivity contribution is -0.147. The van der Waals surface area contributed by atoms with Gasteiger partial charge in [0.05, 0.1) is 7.11 Å². The number of nitrogens with one attached hydrogen (secondary N) is 2. The van der Waals surface area contributed by atoms with Gasteiger partial charge in [-0.3, -0.25) is 4.79 Å². The Hall–Kier alpha value is -2.61. The molecule has 1 rings (SSSR count). The smallest absolute Gasteiger partial charge is 0.408 e. The highest BCUT2D eigenvalue weighted by Crippen LogP contribution is 2.08. The number of carbonyl (C=O) groups is 3. The Morgan fingerprint density at radius 1 is 1.07 bits per heavy atom. The van der Waals surface area contributed by atoms with Crippen molar-refractivity contribution in [1.82, 2.24) is 10.6 Å². The highest BCUT2D eigenvalue weighted by molar-refractivity contribution is 5.81. The number of esters is 2. The van der Waals surface area contributed by atoms with E-state index in [2.05, 4.69) is 15.4 Å². The van der Waals surface area contributed by atoms with Crippen LogP contribution in [-0.4, -0.2) is 49.4 Å². The monoisotopic (exact) mass is 394 g/mol. The fraction of sp³-hybridized carbons (Fsp3) is 0.550. The Labute approximate surface area is 165 Å². The van der Waals surface area contributed by atoms with Crippen LogP contribution in [0.2, 0.25) is 0 Å². The van der Waals surface area contributed by atoms with Crippen LogP contribution in [0.3, 0.4) is 0 Å². The van der Waals surface area contributed by atoms with E-state index in [9.17, 15) is 14.4 Å². The van der Waals surface area contributed by atoms with Crippen molar-refractivity contribution in [2.75, 3.05) is 13.7 Å². The second-order valence-electron chi connectivity index (χ2n) is 7.28. The molecule has 0 bridgehead atoms. The van der Waals surface area contributed by atoms with Crippen molar-refractivity contribution in [3.05, 3.63) is 35.9 Å². The van der Waals surface area contributed by atoms with E-state index in [1.54, 1.807) is 27.7 Å². The maximum atomic E-state index is 12.5. The lowest BCUT2D eigenvalue weighted by Gasteiger charge is -2.23. The molecule has 0 aliphatic rings. The van der Waals surface area contributed by atoms with Crippen molar-refractivity contribution < 1.29 is 28.6 Å². The van der Waals surface area contributed by atoms with Gasteiger partial charge in [-0.15, -0.1) is 0 Å². The van der Waals surface area contributed by atoms with E-state index in [-0.39, 0.29) is 19.6 Å². The lowest BCUT2D eigenvalue weighted by atomic mass is 10.2. The van der Waals surface area contributed by atoms with E-state index >= 15 is 0 Å². The molecule has 2 N–H and O–H groups in total. The minimum atomic E-state index is -0.920. The molecule has 1 amide bonds. The van der Waals surface area contributed by atoms with Crippen LogP contribution in [0.5, 0.6) is 0 Å². The first-order valence-electron chi connectivity index (χ1n) is 9.13. The summed E-state index contributed by atoms with van der Waals surface area (Å²) in [5.41, 5.74) is 0.143. The van der Waals surface area contributed by atoms with E-state index in [1.165, 1.54) is 7.11 Å². The molecule has 0 heterocycles. The Balaban J connectivity index is 2.66. The molecule has 0 unspecified atom stereocenters. The van der Waals surface area contributed by atoms with Gasteiger partial charge in [-0.05, 0) is 46.2 Å². The van der Waals surface area contributed by atoms with Crippen molar-refractivity contribution >= 4 is 18.0 Å². The first-order chi connectivity index (χ1) is 13.1. The number of rotatable bonds is 9. The summed E-state index contributed by atoms with van der Waals surface area (Å²) in [6.45, 7) is 7.23. The Bertz CT molecular complexity index is 642. The Kier molecular flexibility index (Phi) is 9.44. The van der Waals surface area contributed by atoms with Crippen LogP contribution in [0, 0.1) is 0 Å². The zero-order valence-corrected chi connectivity index (χ0v) is 17.1. The second kappa shape index (κ2) is 11.3. The maximum Gasteiger partial charge on any atom is 0.408 e. The van der Waals surface area contributed by atoms with E-state index in [1.807, 2.05) is 30.3 Å². The number of carbonyl (C=O) groups excluding carboxylic acids is 3. The number of methoxy groups -OCH3 is 1. The SMILES string of the molecule is COC(=O)[C@H](C)NCC[C@H](NC(=O)OC(C)(C)C)C(=O)OCc1ccccc1. The molecule has 8 heteroatoms. The molecule has 0 aromatic heterocycles. The zero-order valence-electron chi connectivity index (χ0n) is 17.1. The molecule has 0 fully saturated rings. The summed E-state index contributed by atoms with van der Waals surface area (Å²) in [5, 5.41) is 5.47. The molecule has 0 spiro atoms. The molecular formula is C20H30N2O6. The number of hydrogen-bond donors (Lipinski definition) is 2. The van der Waals surface area contributed by atoms with Crippen LogP contribution >= 0.6 is 0 Å². The molecule has 0 aliphatic carbocycles. The van der Waals surface area contributed by atoms with Gasteiger partial charge in [0, 0.05) is 0 Å². The molecular weight excluding hydrogens is 364 g/mol. The fourth-order valence-electron chi connectivity index (χ4n) is 2.23. The third-order valence-electron chi connectivity index (χ3n) is 3.64. The average molecular weight is 394 g/mol. The summed E-state index contributed by atoms with van der Waals surface area (Å²) in [7, 11) is 1.30. The number of amides is 1. The van der Waals surface area contributed by atoms with E-state index in [4.69, 9.17) is 9.47 Å². The van der Waals surface area contributed by atoms with Crippen LogP contribution in [-0.2, 0) is 30.4 Å². The van der Waals surface area contributed by atoms with Crippen LogP contribution in [0.4, 0.5) is 4.79 Å². The average Bonchev–Trinajstić information content (AvgIpc) is 2.63. The molecule has 0 saturated carbocycles. The molecule has 1 aromatic carbocycles. The minimum Gasteiger partial charge on any atom is -0.468 e. The molecule has 2 atom stereocenters. The van der Waals surface area contributed by atoms with Gasteiger partial charge < -0.3 is 24.8 Å². The third-order valence-corrected chi connectivity index (χ3v) is 3.64. The van der Waals surface area contributed by atoms with Crippen LogP contribution in [0.25, 0.3) is 0 Å². The van der Waals surface area contributed by atoms with E-state index in [0.717, 1.165) is 5.56 Å². The molecule has 0 aliphatic heterocycles. The largest absolute Gasteiger partial charge is 0.468 e. The van der Waals surface area contributed by atoms with Crippen molar-refractivity contribution in [2.24, 2.45) is 0 Å². The quantitative estimate of drug-likeness (QED) is 0.489. The first-order valence-corrected chi connectivity index (χ1v) is 9.13. The molecule has 0 saturated heterocycles. The topological polar surface area (TPSA) is 103 Å². The second-order valence-corrected chi connectivity index (χ2v) is 7.28. The van der Waals surface area contributed by atoms with E-state index in [0.29, 0.717) is 0 Å².